The van der Waals surface area contributed by atoms with Gasteiger partial charge in [-0.1, -0.05) is 38.9 Å². The molecule has 3 nitrogen and oxygen atoms in total. The molecule has 4 heteroatoms. The molecule has 0 unspecified atom stereocenters. The summed E-state index contributed by atoms with van der Waals surface area (Å²) in [5, 5.41) is 0. The average molecular weight is 246 g/mol. The molecule has 0 aliphatic heterocycles. The zero-order chi connectivity index (χ0) is 12.4. The van der Waals surface area contributed by atoms with Crippen LogP contribution >= 0.6 is 0 Å². The minimum atomic E-state index is -1.09. The van der Waals surface area contributed by atoms with Crippen molar-refractivity contribution in [2.45, 2.75) is 51.9 Å². The van der Waals surface area contributed by atoms with Crippen LogP contribution < -0.4 is 0 Å². The van der Waals surface area contributed by atoms with Gasteiger partial charge in [0.05, 0.1) is 14.7 Å². The van der Waals surface area contributed by atoms with Gasteiger partial charge in [0, 0.05) is 6.61 Å². The molecule has 0 aromatic heterocycles. The van der Waals surface area contributed by atoms with Crippen molar-refractivity contribution in [1.82, 2.24) is 0 Å². The molecular weight excluding hydrogens is 220 g/mol. The lowest BCUT2D eigenvalue weighted by atomic mass is 10.7. The lowest BCUT2D eigenvalue weighted by Crippen LogP contribution is -2.32. The molecule has 0 amide bonds. The van der Waals surface area contributed by atoms with Gasteiger partial charge in [0.1, 0.15) is 6.61 Å². The summed E-state index contributed by atoms with van der Waals surface area (Å²) in [5.41, 5.74) is 0. The second-order valence-corrected chi connectivity index (χ2v) is 9.79. The van der Waals surface area contributed by atoms with E-state index >= 15 is 0 Å². The van der Waals surface area contributed by atoms with Crippen LogP contribution in [0.15, 0.2) is 0 Å². The molecule has 0 N–H and O–H groups in total. The number of carbonyl (C=O) groups is 1. The lowest BCUT2D eigenvalue weighted by molar-refractivity contribution is -0.148. The maximum Gasteiger partial charge on any atom is 0.332 e. The van der Waals surface area contributed by atoms with Crippen molar-refractivity contribution < 1.29 is 14.3 Å². The second-order valence-electron chi connectivity index (χ2n) is 4.17. The summed E-state index contributed by atoms with van der Waals surface area (Å²) in [6.07, 6.45) is 0. The first-order valence-electron chi connectivity index (χ1n) is 6.37. The van der Waals surface area contributed by atoms with Gasteiger partial charge in [0.25, 0.3) is 0 Å². The second kappa shape index (κ2) is 8.76. The van der Waals surface area contributed by atoms with E-state index in [1.165, 1.54) is 18.1 Å². The Bertz CT molecular complexity index is 182. The minimum Gasteiger partial charge on any atom is -0.464 e. The molecular formula is C12H26O3Si. The van der Waals surface area contributed by atoms with E-state index in [1.54, 1.807) is 6.92 Å². The van der Waals surface area contributed by atoms with Crippen LogP contribution in [0.2, 0.25) is 24.2 Å². The summed E-state index contributed by atoms with van der Waals surface area (Å²) in [6.45, 7) is 9.90. The third-order valence-electron chi connectivity index (χ3n) is 3.55. The third-order valence-corrected chi connectivity index (χ3v) is 9.32. The summed E-state index contributed by atoms with van der Waals surface area (Å²) < 4.78 is 10.2. The Hall–Kier alpha value is -0.353. The molecule has 0 saturated carbocycles. The molecule has 0 heterocycles. The Labute approximate surface area is 101 Å². The van der Waals surface area contributed by atoms with Crippen LogP contribution in [-0.2, 0) is 14.3 Å². The van der Waals surface area contributed by atoms with Gasteiger partial charge in [-0.05, 0) is 13.0 Å². The lowest BCUT2D eigenvalue weighted by Gasteiger charge is -2.27. The summed E-state index contributed by atoms with van der Waals surface area (Å²) in [7, 11) is -1.09. The zero-order valence-electron chi connectivity index (χ0n) is 11.2. The van der Waals surface area contributed by atoms with Crippen LogP contribution in [0.3, 0.4) is 0 Å². The van der Waals surface area contributed by atoms with Gasteiger partial charge < -0.3 is 9.47 Å². The van der Waals surface area contributed by atoms with E-state index < -0.39 is 8.07 Å². The van der Waals surface area contributed by atoms with Crippen LogP contribution in [0.25, 0.3) is 0 Å². The SMILES string of the molecule is CCOC(=O)COCC[Si](CC)(CC)CC. The number of carbonyl (C=O) groups excluding carboxylic acids is 1. The highest BCUT2D eigenvalue weighted by Crippen LogP contribution is 2.24. The monoisotopic (exact) mass is 246 g/mol. The van der Waals surface area contributed by atoms with Crippen molar-refractivity contribution in [3.63, 3.8) is 0 Å². The quantitative estimate of drug-likeness (QED) is 0.356. The van der Waals surface area contributed by atoms with Gasteiger partial charge in [-0.25, -0.2) is 4.79 Å². The highest BCUT2D eigenvalue weighted by molar-refractivity contribution is 6.79. The van der Waals surface area contributed by atoms with Gasteiger partial charge in [0.2, 0.25) is 0 Å². The summed E-state index contributed by atoms with van der Waals surface area (Å²) in [6, 6.07) is 5.09. The molecule has 16 heavy (non-hydrogen) atoms. The minimum absolute atomic E-state index is 0.107. The van der Waals surface area contributed by atoms with Gasteiger partial charge in [-0.3, -0.25) is 0 Å². The van der Waals surface area contributed by atoms with E-state index in [4.69, 9.17) is 9.47 Å². The van der Waals surface area contributed by atoms with Crippen molar-refractivity contribution >= 4 is 14.0 Å². The molecule has 0 rings (SSSR count). The molecule has 0 radical (unpaired) electrons. The van der Waals surface area contributed by atoms with Crippen molar-refractivity contribution in [2.75, 3.05) is 19.8 Å². The Morgan fingerprint density at radius 1 is 1.06 bits per heavy atom. The van der Waals surface area contributed by atoms with Crippen molar-refractivity contribution in [2.24, 2.45) is 0 Å². The van der Waals surface area contributed by atoms with Crippen LogP contribution in [-0.4, -0.2) is 33.9 Å². The van der Waals surface area contributed by atoms with E-state index in [9.17, 15) is 4.79 Å². The van der Waals surface area contributed by atoms with Gasteiger partial charge in [-0.2, -0.15) is 0 Å². The highest BCUT2D eigenvalue weighted by Gasteiger charge is 2.25. The first-order valence-corrected chi connectivity index (χ1v) is 9.20. The van der Waals surface area contributed by atoms with Crippen molar-refractivity contribution in [3.8, 4) is 0 Å². The number of hydrogen-bond acceptors (Lipinski definition) is 3. The molecule has 96 valence electrons. The Kier molecular flexibility index (Phi) is 8.57. The van der Waals surface area contributed by atoms with Crippen molar-refractivity contribution in [3.05, 3.63) is 0 Å². The zero-order valence-corrected chi connectivity index (χ0v) is 12.2. The summed E-state index contributed by atoms with van der Waals surface area (Å²) in [5.74, 6) is -0.251. The molecule has 0 aliphatic rings. The fourth-order valence-corrected chi connectivity index (χ4v) is 5.07. The number of hydrogen-bond donors (Lipinski definition) is 0. The Morgan fingerprint density at radius 2 is 1.62 bits per heavy atom. The maximum atomic E-state index is 11.0. The van der Waals surface area contributed by atoms with Crippen LogP contribution in [0, 0.1) is 0 Å². The predicted octanol–water partition coefficient (Wildman–Crippen LogP) is 3.07. The highest BCUT2D eigenvalue weighted by atomic mass is 28.3. The molecule has 0 aromatic rings. The average Bonchev–Trinajstić information content (AvgIpc) is 2.31. The summed E-state index contributed by atoms with van der Waals surface area (Å²) >= 11 is 0. The molecule has 0 bridgehead atoms. The Morgan fingerprint density at radius 3 is 2.06 bits per heavy atom. The molecule has 0 aliphatic carbocycles. The molecule has 0 saturated heterocycles. The number of rotatable bonds is 9. The van der Waals surface area contributed by atoms with E-state index in [-0.39, 0.29) is 12.6 Å². The predicted molar refractivity (Wildman–Crippen MR) is 69.5 cm³/mol. The number of esters is 1. The molecule has 0 spiro atoms. The van der Waals surface area contributed by atoms with E-state index in [2.05, 4.69) is 20.8 Å². The van der Waals surface area contributed by atoms with E-state index in [0.29, 0.717) is 13.2 Å². The van der Waals surface area contributed by atoms with E-state index in [1.807, 2.05) is 0 Å². The van der Waals surface area contributed by atoms with E-state index in [0.717, 1.165) is 6.04 Å². The normalized spacial score (nSPS) is 11.5. The van der Waals surface area contributed by atoms with Crippen LogP contribution in [0.4, 0.5) is 0 Å². The molecule has 0 aromatic carbocycles. The fraction of sp³-hybridized carbons (Fsp3) is 0.917. The topological polar surface area (TPSA) is 35.5 Å². The Balaban J connectivity index is 3.74. The first kappa shape index (κ1) is 15.6. The smallest absolute Gasteiger partial charge is 0.332 e. The first-order chi connectivity index (χ1) is 7.64. The number of ether oxygens (including phenoxy) is 2. The van der Waals surface area contributed by atoms with Gasteiger partial charge in [0.15, 0.2) is 0 Å². The molecule has 0 fully saturated rings. The third kappa shape index (κ3) is 5.65. The van der Waals surface area contributed by atoms with Crippen molar-refractivity contribution in [1.29, 1.82) is 0 Å². The molecule has 0 atom stereocenters. The van der Waals surface area contributed by atoms with Crippen LogP contribution in [0.5, 0.6) is 0 Å². The largest absolute Gasteiger partial charge is 0.464 e. The maximum absolute atomic E-state index is 11.0. The standard InChI is InChI=1S/C12H26O3Si/c1-5-15-12(13)11-14-9-10-16(6-2,7-3)8-4/h5-11H2,1-4H3. The van der Waals surface area contributed by atoms with Gasteiger partial charge in [-0.15, -0.1) is 0 Å². The van der Waals surface area contributed by atoms with Gasteiger partial charge >= 0.3 is 5.97 Å². The van der Waals surface area contributed by atoms with Crippen LogP contribution in [0.1, 0.15) is 27.7 Å². The summed E-state index contributed by atoms with van der Waals surface area (Å²) in [4.78, 5) is 11.0. The fourth-order valence-electron chi connectivity index (χ4n) is 1.93.